The van der Waals surface area contributed by atoms with Gasteiger partial charge in [-0.25, -0.2) is 4.79 Å². The van der Waals surface area contributed by atoms with Gasteiger partial charge in [-0.15, -0.1) is 0 Å². The molecule has 0 aliphatic heterocycles. The molecule has 1 atom stereocenters. The second-order valence-electron chi connectivity index (χ2n) is 7.12. The number of nitrogens with one attached hydrogen (secondary N) is 1. The first-order chi connectivity index (χ1) is 13.5. The largest absolute Gasteiger partial charge is 0.482 e. The highest BCUT2D eigenvalue weighted by Gasteiger charge is 2.14. The molecule has 5 nitrogen and oxygen atoms in total. The van der Waals surface area contributed by atoms with Gasteiger partial charge in [0.1, 0.15) is 5.75 Å². The number of aryl methyl sites for hydroxylation is 3. The van der Waals surface area contributed by atoms with Crippen LogP contribution in [0.4, 0.5) is 0 Å². The fraction of sp³-hybridized carbons (Fsp3) is 0.391. The zero-order valence-electron chi connectivity index (χ0n) is 16.5. The smallest absolute Gasteiger partial charge is 0.344 e. The van der Waals surface area contributed by atoms with Crippen molar-refractivity contribution in [2.45, 2.75) is 45.6 Å². The number of esters is 1. The fourth-order valence-corrected chi connectivity index (χ4v) is 3.38. The minimum absolute atomic E-state index is 0.153. The van der Waals surface area contributed by atoms with E-state index in [-0.39, 0.29) is 25.2 Å². The minimum Gasteiger partial charge on any atom is -0.482 e. The van der Waals surface area contributed by atoms with E-state index in [1.165, 1.54) is 16.7 Å². The number of hydrogen-bond donors (Lipinski definition) is 1. The van der Waals surface area contributed by atoms with Crippen molar-refractivity contribution < 1.29 is 19.1 Å². The van der Waals surface area contributed by atoms with Crippen molar-refractivity contribution >= 4 is 11.9 Å². The third-order valence-corrected chi connectivity index (χ3v) is 5.06. The van der Waals surface area contributed by atoms with Gasteiger partial charge in [-0.3, -0.25) is 4.79 Å². The second-order valence-corrected chi connectivity index (χ2v) is 7.12. The fourth-order valence-electron chi connectivity index (χ4n) is 3.38. The van der Waals surface area contributed by atoms with Gasteiger partial charge in [0.15, 0.2) is 13.2 Å². The number of hydrogen-bond acceptors (Lipinski definition) is 4. The first-order valence-corrected chi connectivity index (χ1v) is 9.83. The van der Waals surface area contributed by atoms with Crippen molar-refractivity contribution in [1.82, 2.24) is 5.32 Å². The quantitative estimate of drug-likeness (QED) is 0.711. The van der Waals surface area contributed by atoms with Gasteiger partial charge < -0.3 is 14.8 Å². The SMILES string of the molecule is CCc1ccc([C@H](C)NC(=O)COC(=O)COc2ccc3c(c2)CCC3)cc1. The van der Waals surface area contributed by atoms with Gasteiger partial charge in [0.2, 0.25) is 0 Å². The summed E-state index contributed by atoms with van der Waals surface area (Å²) in [4.78, 5) is 23.9. The Morgan fingerprint density at radius 2 is 1.79 bits per heavy atom. The van der Waals surface area contributed by atoms with E-state index in [9.17, 15) is 9.59 Å². The van der Waals surface area contributed by atoms with Crippen LogP contribution < -0.4 is 10.1 Å². The summed E-state index contributed by atoms with van der Waals surface area (Å²) in [5.41, 5.74) is 4.90. The van der Waals surface area contributed by atoms with Crippen LogP contribution in [0.2, 0.25) is 0 Å². The molecule has 0 radical (unpaired) electrons. The van der Waals surface area contributed by atoms with Crippen LogP contribution in [0.5, 0.6) is 5.75 Å². The Kier molecular flexibility index (Phi) is 6.69. The third-order valence-electron chi connectivity index (χ3n) is 5.06. The highest BCUT2D eigenvalue weighted by Crippen LogP contribution is 2.26. The Hall–Kier alpha value is -2.82. The highest BCUT2D eigenvalue weighted by atomic mass is 16.6. The van der Waals surface area contributed by atoms with Crippen molar-refractivity contribution in [2.24, 2.45) is 0 Å². The van der Waals surface area contributed by atoms with Crippen LogP contribution >= 0.6 is 0 Å². The van der Waals surface area contributed by atoms with E-state index in [0.29, 0.717) is 5.75 Å². The molecule has 0 saturated carbocycles. The summed E-state index contributed by atoms with van der Waals surface area (Å²) in [6.45, 7) is 3.48. The van der Waals surface area contributed by atoms with Gasteiger partial charge in [0.25, 0.3) is 5.91 Å². The van der Waals surface area contributed by atoms with E-state index < -0.39 is 5.97 Å². The normalized spacial score (nSPS) is 13.5. The number of ether oxygens (including phenoxy) is 2. The molecule has 0 unspecified atom stereocenters. The maximum Gasteiger partial charge on any atom is 0.344 e. The van der Waals surface area contributed by atoms with Crippen molar-refractivity contribution in [1.29, 1.82) is 0 Å². The molecular formula is C23H27NO4. The Bertz CT molecular complexity index is 829. The molecule has 2 aromatic carbocycles. The molecular weight excluding hydrogens is 354 g/mol. The molecule has 5 heteroatoms. The van der Waals surface area contributed by atoms with Crippen LogP contribution in [0.3, 0.4) is 0 Å². The van der Waals surface area contributed by atoms with E-state index in [1.807, 2.05) is 49.4 Å². The summed E-state index contributed by atoms with van der Waals surface area (Å²) in [7, 11) is 0. The summed E-state index contributed by atoms with van der Waals surface area (Å²) in [6.07, 6.45) is 4.30. The summed E-state index contributed by atoms with van der Waals surface area (Å²) >= 11 is 0. The highest BCUT2D eigenvalue weighted by molar-refractivity contribution is 5.81. The monoisotopic (exact) mass is 381 g/mol. The number of amides is 1. The summed E-state index contributed by atoms with van der Waals surface area (Å²) in [6, 6.07) is 13.8. The third kappa shape index (κ3) is 5.35. The van der Waals surface area contributed by atoms with Crippen molar-refractivity contribution in [3.63, 3.8) is 0 Å². The molecule has 3 rings (SSSR count). The first kappa shape index (κ1) is 19.9. The molecule has 2 aromatic rings. The predicted octanol–water partition coefficient (Wildman–Crippen LogP) is 3.54. The molecule has 0 heterocycles. The van der Waals surface area contributed by atoms with Gasteiger partial charge in [0, 0.05) is 0 Å². The van der Waals surface area contributed by atoms with E-state index in [4.69, 9.17) is 9.47 Å². The standard InChI is InChI=1S/C23H27NO4/c1-3-17-7-9-18(10-8-17)16(2)24-22(25)14-28-23(26)15-27-21-12-11-19-5-4-6-20(19)13-21/h7-13,16H,3-6,14-15H2,1-2H3,(H,24,25)/t16-/m0/s1. The second kappa shape index (κ2) is 9.40. The summed E-state index contributed by atoms with van der Waals surface area (Å²) in [5.74, 6) is -0.236. The van der Waals surface area contributed by atoms with Gasteiger partial charge in [-0.1, -0.05) is 37.3 Å². The number of fused-ring (bicyclic) bond motifs is 1. The van der Waals surface area contributed by atoms with E-state index in [1.54, 1.807) is 0 Å². The van der Waals surface area contributed by atoms with Crippen LogP contribution in [-0.2, 0) is 33.6 Å². The molecule has 0 fully saturated rings. The van der Waals surface area contributed by atoms with Crippen molar-refractivity contribution in [3.8, 4) is 5.75 Å². The minimum atomic E-state index is -0.560. The molecule has 0 bridgehead atoms. The topological polar surface area (TPSA) is 64.6 Å². The lowest BCUT2D eigenvalue weighted by molar-refractivity contribution is -0.150. The van der Waals surface area contributed by atoms with Crippen molar-refractivity contribution in [2.75, 3.05) is 13.2 Å². The molecule has 0 spiro atoms. The average Bonchev–Trinajstić information content (AvgIpc) is 3.18. The lowest BCUT2D eigenvalue weighted by Crippen LogP contribution is -2.31. The molecule has 1 aliphatic carbocycles. The van der Waals surface area contributed by atoms with Crippen LogP contribution in [0.1, 0.15) is 48.6 Å². The average molecular weight is 381 g/mol. The Morgan fingerprint density at radius 3 is 2.54 bits per heavy atom. The predicted molar refractivity (Wildman–Crippen MR) is 107 cm³/mol. The lowest BCUT2D eigenvalue weighted by Gasteiger charge is -2.15. The molecule has 1 N–H and O–H groups in total. The summed E-state index contributed by atoms with van der Waals surface area (Å²) in [5, 5.41) is 2.83. The molecule has 0 aromatic heterocycles. The van der Waals surface area contributed by atoms with Crippen LogP contribution in [0.15, 0.2) is 42.5 Å². The van der Waals surface area contributed by atoms with Gasteiger partial charge >= 0.3 is 5.97 Å². The summed E-state index contributed by atoms with van der Waals surface area (Å²) < 4.78 is 10.5. The first-order valence-electron chi connectivity index (χ1n) is 9.83. The maximum absolute atomic E-state index is 12.0. The van der Waals surface area contributed by atoms with E-state index >= 15 is 0 Å². The molecule has 148 valence electrons. The van der Waals surface area contributed by atoms with Crippen LogP contribution in [0, 0.1) is 0 Å². The Morgan fingerprint density at radius 1 is 1.04 bits per heavy atom. The number of carbonyl (C=O) groups is 2. The molecule has 1 aliphatic rings. The van der Waals surface area contributed by atoms with Crippen LogP contribution in [-0.4, -0.2) is 25.1 Å². The number of rotatable bonds is 8. The van der Waals surface area contributed by atoms with Crippen LogP contribution in [0.25, 0.3) is 0 Å². The zero-order valence-corrected chi connectivity index (χ0v) is 16.5. The molecule has 0 saturated heterocycles. The van der Waals surface area contributed by atoms with E-state index in [0.717, 1.165) is 31.2 Å². The van der Waals surface area contributed by atoms with E-state index in [2.05, 4.69) is 12.2 Å². The number of carbonyl (C=O) groups excluding carboxylic acids is 2. The lowest BCUT2D eigenvalue weighted by atomic mass is 10.1. The van der Waals surface area contributed by atoms with Crippen molar-refractivity contribution in [3.05, 3.63) is 64.7 Å². The Labute approximate surface area is 166 Å². The molecule has 1 amide bonds. The van der Waals surface area contributed by atoms with Gasteiger partial charge in [-0.2, -0.15) is 0 Å². The Balaban J connectivity index is 1.39. The van der Waals surface area contributed by atoms with Gasteiger partial charge in [0.05, 0.1) is 6.04 Å². The van der Waals surface area contributed by atoms with Gasteiger partial charge in [-0.05, 0) is 67.0 Å². The molecule has 28 heavy (non-hydrogen) atoms. The maximum atomic E-state index is 12.0. The zero-order chi connectivity index (χ0) is 19.9. The number of benzene rings is 2.